The SMILES string of the molecule is Cc1ccoc1-c1n[nH]c(C2CCCCC2)n1. The predicted octanol–water partition coefficient (Wildman–Crippen LogP) is 3.42. The molecule has 0 spiro atoms. The Balaban J connectivity index is 1.85. The lowest BCUT2D eigenvalue weighted by Crippen LogP contribution is -2.06. The molecule has 1 saturated carbocycles. The number of furan rings is 1. The Morgan fingerprint density at radius 3 is 2.82 bits per heavy atom. The lowest BCUT2D eigenvalue weighted by atomic mass is 9.89. The third kappa shape index (κ3) is 1.99. The second-order valence-corrected chi connectivity index (χ2v) is 4.81. The molecule has 0 unspecified atom stereocenters. The maximum atomic E-state index is 5.41. The molecule has 0 atom stereocenters. The zero-order chi connectivity index (χ0) is 11.7. The molecule has 3 rings (SSSR count). The fourth-order valence-electron chi connectivity index (χ4n) is 2.54. The summed E-state index contributed by atoms with van der Waals surface area (Å²) < 4.78 is 5.41. The maximum absolute atomic E-state index is 5.41. The Kier molecular flexibility index (Phi) is 2.71. The van der Waals surface area contributed by atoms with Gasteiger partial charge in [-0.15, -0.1) is 0 Å². The van der Waals surface area contributed by atoms with Gasteiger partial charge in [0, 0.05) is 5.92 Å². The van der Waals surface area contributed by atoms with Gasteiger partial charge in [-0.3, -0.25) is 5.10 Å². The van der Waals surface area contributed by atoms with Gasteiger partial charge >= 0.3 is 0 Å². The third-order valence-corrected chi connectivity index (χ3v) is 3.56. The van der Waals surface area contributed by atoms with E-state index >= 15 is 0 Å². The zero-order valence-electron chi connectivity index (χ0n) is 10.1. The molecule has 90 valence electrons. The Morgan fingerprint density at radius 2 is 2.12 bits per heavy atom. The monoisotopic (exact) mass is 231 g/mol. The molecule has 0 aliphatic heterocycles. The number of rotatable bonds is 2. The minimum Gasteiger partial charge on any atom is -0.461 e. The van der Waals surface area contributed by atoms with Crippen LogP contribution in [-0.4, -0.2) is 15.2 Å². The first-order valence-corrected chi connectivity index (χ1v) is 6.31. The van der Waals surface area contributed by atoms with Gasteiger partial charge in [-0.1, -0.05) is 19.3 Å². The number of aryl methyl sites for hydroxylation is 1. The van der Waals surface area contributed by atoms with Crippen molar-refractivity contribution in [3.8, 4) is 11.6 Å². The topological polar surface area (TPSA) is 54.7 Å². The predicted molar refractivity (Wildman–Crippen MR) is 64.6 cm³/mol. The summed E-state index contributed by atoms with van der Waals surface area (Å²) in [6, 6.07) is 1.94. The summed E-state index contributed by atoms with van der Waals surface area (Å²) in [5, 5.41) is 7.33. The Bertz CT molecular complexity index is 494. The van der Waals surface area contributed by atoms with Crippen LogP contribution in [0.5, 0.6) is 0 Å². The van der Waals surface area contributed by atoms with Gasteiger partial charge in [0.1, 0.15) is 5.82 Å². The number of aromatic amines is 1. The number of hydrogen-bond donors (Lipinski definition) is 1. The van der Waals surface area contributed by atoms with Crippen LogP contribution in [0.1, 0.15) is 49.4 Å². The van der Waals surface area contributed by atoms with Crippen LogP contribution in [0.25, 0.3) is 11.6 Å². The van der Waals surface area contributed by atoms with Crippen LogP contribution in [0.15, 0.2) is 16.7 Å². The van der Waals surface area contributed by atoms with E-state index in [0.29, 0.717) is 11.7 Å². The molecule has 2 heterocycles. The molecule has 1 N–H and O–H groups in total. The van der Waals surface area contributed by atoms with Crippen LogP contribution in [0.4, 0.5) is 0 Å². The number of nitrogens with one attached hydrogen (secondary N) is 1. The van der Waals surface area contributed by atoms with E-state index in [0.717, 1.165) is 17.1 Å². The first-order chi connectivity index (χ1) is 8.34. The standard InChI is InChI=1S/C13H17N3O/c1-9-7-8-17-11(9)13-14-12(15-16-13)10-5-3-2-4-6-10/h7-8,10H,2-6H2,1H3,(H,14,15,16). The second kappa shape index (κ2) is 4.35. The van der Waals surface area contributed by atoms with Crippen LogP contribution in [-0.2, 0) is 0 Å². The molecule has 4 heteroatoms. The molecule has 1 fully saturated rings. The van der Waals surface area contributed by atoms with Gasteiger partial charge < -0.3 is 4.42 Å². The summed E-state index contributed by atoms with van der Waals surface area (Å²) in [6.45, 7) is 2.01. The lowest BCUT2D eigenvalue weighted by Gasteiger charge is -2.18. The fraction of sp³-hybridized carbons (Fsp3) is 0.538. The van der Waals surface area contributed by atoms with Crippen molar-refractivity contribution in [2.45, 2.75) is 44.9 Å². The van der Waals surface area contributed by atoms with Gasteiger partial charge in [-0.2, -0.15) is 5.10 Å². The number of H-pyrrole nitrogens is 1. The third-order valence-electron chi connectivity index (χ3n) is 3.56. The van der Waals surface area contributed by atoms with Crippen molar-refractivity contribution < 1.29 is 4.42 Å². The number of nitrogens with zero attached hydrogens (tertiary/aromatic N) is 2. The highest BCUT2D eigenvalue weighted by Crippen LogP contribution is 2.31. The Morgan fingerprint density at radius 1 is 1.29 bits per heavy atom. The average molecular weight is 231 g/mol. The second-order valence-electron chi connectivity index (χ2n) is 4.81. The first kappa shape index (κ1) is 10.6. The van der Waals surface area contributed by atoms with Gasteiger partial charge in [0.2, 0.25) is 5.82 Å². The van der Waals surface area contributed by atoms with Crippen LogP contribution < -0.4 is 0 Å². The summed E-state index contributed by atoms with van der Waals surface area (Å²) in [4.78, 5) is 4.58. The number of aromatic nitrogens is 3. The Hall–Kier alpha value is -1.58. The minimum absolute atomic E-state index is 0.556. The molecule has 0 radical (unpaired) electrons. The van der Waals surface area contributed by atoms with Crippen LogP contribution >= 0.6 is 0 Å². The highest BCUT2D eigenvalue weighted by atomic mass is 16.3. The highest BCUT2D eigenvalue weighted by Gasteiger charge is 2.20. The van der Waals surface area contributed by atoms with E-state index in [9.17, 15) is 0 Å². The van der Waals surface area contributed by atoms with E-state index in [1.54, 1.807) is 6.26 Å². The molecular formula is C13H17N3O. The molecule has 4 nitrogen and oxygen atoms in total. The summed E-state index contributed by atoms with van der Waals surface area (Å²) in [6.07, 6.45) is 8.11. The van der Waals surface area contributed by atoms with E-state index in [1.165, 1.54) is 32.1 Å². The Labute approximate surface area is 100 Å². The molecule has 17 heavy (non-hydrogen) atoms. The quantitative estimate of drug-likeness (QED) is 0.861. The zero-order valence-corrected chi connectivity index (χ0v) is 10.1. The normalized spacial score (nSPS) is 17.5. The smallest absolute Gasteiger partial charge is 0.217 e. The van der Waals surface area contributed by atoms with E-state index < -0.39 is 0 Å². The minimum atomic E-state index is 0.556. The van der Waals surface area contributed by atoms with Gasteiger partial charge in [0.25, 0.3) is 0 Å². The van der Waals surface area contributed by atoms with Crippen molar-refractivity contribution in [1.29, 1.82) is 0 Å². The maximum Gasteiger partial charge on any atom is 0.217 e. The molecule has 2 aromatic heterocycles. The van der Waals surface area contributed by atoms with Gasteiger partial charge in [-0.25, -0.2) is 4.98 Å². The summed E-state index contributed by atoms with van der Waals surface area (Å²) in [7, 11) is 0. The van der Waals surface area contributed by atoms with Crippen molar-refractivity contribution in [1.82, 2.24) is 15.2 Å². The molecular weight excluding hydrogens is 214 g/mol. The summed E-state index contributed by atoms with van der Waals surface area (Å²) >= 11 is 0. The van der Waals surface area contributed by atoms with Crippen molar-refractivity contribution >= 4 is 0 Å². The van der Waals surface area contributed by atoms with Gasteiger partial charge in [0.15, 0.2) is 5.76 Å². The van der Waals surface area contributed by atoms with Crippen LogP contribution in [0, 0.1) is 6.92 Å². The molecule has 0 bridgehead atoms. The van der Waals surface area contributed by atoms with E-state index in [2.05, 4.69) is 15.2 Å². The highest BCUT2D eigenvalue weighted by molar-refractivity contribution is 5.51. The van der Waals surface area contributed by atoms with Crippen molar-refractivity contribution in [3.05, 3.63) is 23.7 Å². The summed E-state index contributed by atoms with van der Waals surface area (Å²) in [5.74, 6) is 3.05. The van der Waals surface area contributed by atoms with E-state index in [4.69, 9.17) is 4.42 Å². The molecule has 1 aliphatic carbocycles. The fourth-order valence-corrected chi connectivity index (χ4v) is 2.54. The van der Waals surface area contributed by atoms with Crippen molar-refractivity contribution in [3.63, 3.8) is 0 Å². The molecule has 0 aromatic carbocycles. The van der Waals surface area contributed by atoms with Crippen LogP contribution in [0.2, 0.25) is 0 Å². The van der Waals surface area contributed by atoms with Gasteiger partial charge in [-0.05, 0) is 31.4 Å². The average Bonchev–Trinajstić information content (AvgIpc) is 2.98. The van der Waals surface area contributed by atoms with Gasteiger partial charge in [0.05, 0.1) is 6.26 Å². The molecule has 2 aromatic rings. The van der Waals surface area contributed by atoms with Crippen molar-refractivity contribution in [2.24, 2.45) is 0 Å². The molecule has 1 aliphatic rings. The summed E-state index contributed by atoms with van der Waals surface area (Å²) in [5.41, 5.74) is 1.08. The molecule has 0 amide bonds. The first-order valence-electron chi connectivity index (χ1n) is 6.31. The van der Waals surface area contributed by atoms with E-state index in [1.807, 2.05) is 13.0 Å². The molecule has 0 saturated heterocycles. The lowest BCUT2D eigenvalue weighted by molar-refractivity contribution is 0.429. The van der Waals surface area contributed by atoms with E-state index in [-0.39, 0.29) is 0 Å². The van der Waals surface area contributed by atoms with Crippen molar-refractivity contribution in [2.75, 3.05) is 0 Å². The van der Waals surface area contributed by atoms with Crippen LogP contribution in [0.3, 0.4) is 0 Å². The largest absolute Gasteiger partial charge is 0.461 e. The number of hydrogen-bond acceptors (Lipinski definition) is 3.